The molecule has 0 N–H and O–H groups in total. The number of aryl methyl sites for hydroxylation is 1. The largest absolute Gasteiger partial charge is 0.497 e. The first kappa shape index (κ1) is 36.2. The first-order valence-electron chi connectivity index (χ1n) is 15.9. The summed E-state index contributed by atoms with van der Waals surface area (Å²) in [5, 5.41) is 4.28. The van der Waals surface area contributed by atoms with Crippen molar-refractivity contribution in [2.45, 2.75) is 81.3 Å². The van der Waals surface area contributed by atoms with Crippen LogP contribution in [-0.4, -0.2) is 62.9 Å². The van der Waals surface area contributed by atoms with Crippen LogP contribution in [0.25, 0.3) is 0 Å². The number of aromatic nitrogens is 4. The molecule has 15 heteroatoms. The molecule has 5 rings (SSSR count). The Hall–Kier alpha value is -4.08. The molecule has 3 atom stereocenters. The Labute approximate surface area is 287 Å². The smallest absolute Gasteiger partial charge is 0.268 e. The van der Waals surface area contributed by atoms with Crippen LogP contribution in [0.15, 0.2) is 66.1 Å². The lowest BCUT2D eigenvalue weighted by Crippen LogP contribution is -2.43. The minimum Gasteiger partial charge on any atom is -0.497 e. The molecule has 0 radical (unpaired) electrons. The lowest BCUT2D eigenvalue weighted by molar-refractivity contribution is 0.147. The number of ether oxygens (including phenoxy) is 3. The zero-order chi connectivity index (χ0) is 35.7. The van der Waals surface area contributed by atoms with E-state index >= 15 is 8.78 Å². The maximum atomic E-state index is 16.0. The third-order valence-corrected chi connectivity index (χ3v) is 15.7. The summed E-state index contributed by atoms with van der Waals surface area (Å²) >= 11 is 0. The molecule has 1 aliphatic rings. The second-order valence-corrected chi connectivity index (χ2v) is 20.2. The van der Waals surface area contributed by atoms with Crippen LogP contribution in [0.2, 0.25) is 18.1 Å². The molecule has 264 valence electrons. The summed E-state index contributed by atoms with van der Waals surface area (Å²) in [6.45, 7) is 10.5. The maximum absolute atomic E-state index is 16.0. The van der Waals surface area contributed by atoms with E-state index in [2.05, 4.69) is 48.9 Å². The molecule has 2 heterocycles. The minimum atomic E-state index is -4.73. The van der Waals surface area contributed by atoms with Gasteiger partial charge in [-0.05, 0) is 42.8 Å². The molecule has 0 saturated heterocycles. The molecule has 2 aromatic carbocycles. The summed E-state index contributed by atoms with van der Waals surface area (Å²) in [5.74, 6) is -2.05. The molecule has 1 fully saturated rings. The third kappa shape index (κ3) is 7.58. The predicted molar refractivity (Wildman–Crippen MR) is 183 cm³/mol. The Bertz CT molecular complexity index is 1890. The first-order valence-corrected chi connectivity index (χ1v) is 20.2. The molecule has 11 nitrogen and oxygen atoms in total. The fraction of sp³-hybridized carbons (Fsp3) is 0.441. The van der Waals surface area contributed by atoms with Crippen molar-refractivity contribution in [3.63, 3.8) is 0 Å². The quantitative estimate of drug-likeness (QED) is 0.149. The molecule has 0 amide bonds. The highest BCUT2D eigenvalue weighted by Gasteiger charge is 2.45. The SMILES string of the molecule is COc1ccc(CN(c2ccncn2)S(=O)(=O)c2cc(F)c(O[C@H]3C[C@@H](O[Si](C)(C)C(C)(C)C)C[C@@H]3c3ccnn3C)cc2F)c(OC)c1. The summed E-state index contributed by atoms with van der Waals surface area (Å²) in [4.78, 5) is 7.09. The molecule has 1 saturated carbocycles. The van der Waals surface area contributed by atoms with Crippen molar-refractivity contribution in [2.24, 2.45) is 7.05 Å². The Balaban J connectivity index is 1.47. The van der Waals surface area contributed by atoms with Gasteiger partial charge in [0.15, 0.2) is 19.9 Å². The number of methoxy groups -OCH3 is 2. The van der Waals surface area contributed by atoms with Crippen LogP contribution in [0.4, 0.5) is 14.6 Å². The van der Waals surface area contributed by atoms with Gasteiger partial charge in [0.1, 0.15) is 40.5 Å². The van der Waals surface area contributed by atoms with Gasteiger partial charge in [0.05, 0.1) is 20.8 Å². The van der Waals surface area contributed by atoms with Gasteiger partial charge in [-0.25, -0.2) is 31.5 Å². The van der Waals surface area contributed by atoms with E-state index in [-0.39, 0.29) is 29.4 Å². The fourth-order valence-electron chi connectivity index (χ4n) is 5.77. The Morgan fingerprint density at radius 2 is 1.73 bits per heavy atom. The van der Waals surface area contributed by atoms with Gasteiger partial charge in [-0.15, -0.1) is 0 Å². The molecular weight excluding hydrogens is 673 g/mol. The van der Waals surface area contributed by atoms with Gasteiger partial charge in [-0.3, -0.25) is 4.68 Å². The van der Waals surface area contributed by atoms with E-state index < -0.39 is 46.7 Å². The van der Waals surface area contributed by atoms with Crippen LogP contribution >= 0.6 is 0 Å². The van der Waals surface area contributed by atoms with Crippen LogP contribution < -0.4 is 18.5 Å². The zero-order valence-corrected chi connectivity index (χ0v) is 30.8. The molecule has 0 spiro atoms. The van der Waals surface area contributed by atoms with Crippen molar-refractivity contribution in [3.05, 3.63) is 84.1 Å². The summed E-state index contributed by atoms with van der Waals surface area (Å²) in [6.07, 6.45) is 4.49. The Morgan fingerprint density at radius 1 is 0.980 bits per heavy atom. The Kier molecular flexibility index (Phi) is 10.4. The average Bonchev–Trinajstić information content (AvgIpc) is 3.65. The molecule has 0 bridgehead atoms. The third-order valence-electron chi connectivity index (χ3n) is 9.43. The number of benzene rings is 2. The molecule has 4 aromatic rings. The van der Waals surface area contributed by atoms with E-state index in [0.717, 1.165) is 16.1 Å². The highest BCUT2D eigenvalue weighted by atomic mass is 32.2. The highest BCUT2D eigenvalue weighted by molar-refractivity contribution is 7.92. The van der Waals surface area contributed by atoms with Gasteiger partial charge in [0.25, 0.3) is 10.0 Å². The van der Waals surface area contributed by atoms with E-state index in [1.54, 1.807) is 29.1 Å². The lowest BCUT2D eigenvalue weighted by atomic mass is 10.0. The summed E-state index contributed by atoms with van der Waals surface area (Å²) in [7, 11) is -2.14. The van der Waals surface area contributed by atoms with Crippen molar-refractivity contribution >= 4 is 24.2 Å². The van der Waals surface area contributed by atoms with Crippen molar-refractivity contribution in [1.82, 2.24) is 19.7 Å². The number of anilines is 1. The maximum Gasteiger partial charge on any atom is 0.268 e. The molecular formula is C34H43F2N5O6SSi. The Morgan fingerprint density at radius 3 is 2.35 bits per heavy atom. The number of hydrogen-bond acceptors (Lipinski definition) is 9. The number of halogens is 2. The predicted octanol–water partition coefficient (Wildman–Crippen LogP) is 6.62. The fourth-order valence-corrected chi connectivity index (χ4v) is 8.61. The molecule has 1 aliphatic carbocycles. The van der Waals surface area contributed by atoms with Crippen molar-refractivity contribution in [2.75, 3.05) is 18.5 Å². The number of rotatable bonds is 12. The normalized spacial score (nSPS) is 18.4. The number of sulfonamides is 1. The van der Waals surface area contributed by atoms with Gasteiger partial charge >= 0.3 is 0 Å². The van der Waals surface area contributed by atoms with Crippen molar-refractivity contribution < 1.29 is 35.8 Å². The summed E-state index contributed by atoms with van der Waals surface area (Å²) in [6, 6.07) is 9.53. The number of hydrogen-bond donors (Lipinski definition) is 0. The molecule has 49 heavy (non-hydrogen) atoms. The van der Waals surface area contributed by atoms with E-state index in [0.29, 0.717) is 36.0 Å². The highest BCUT2D eigenvalue weighted by Crippen LogP contribution is 2.44. The van der Waals surface area contributed by atoms with E-state index in [4.69, 9.17) is 18.6 Å². The van der Waals surface area contributed by atoms with Crippen LogP contribution in [0.3, 0.4) is 0 Å². The topological polar surface area (TPSA) is 118 Å². The van der Waals surface area contributed by atoms with Gasteiger partial charge in [-0.1, -0.05) is 20.8 Å². The monoisotopic (exact) mass is 715 g/mol. The second kappa shape index (κ2) is 14.0. The molecule has 0 unspecified atom stereocenters. The van der Waals surface area contributed by atoms with Crippen molar-refractivity contribution in [3.8, 4) is 17.2 Å². The minimum absolute atomic E-state index is 0.0251. The first-order chi connectivity index (χ1) is 23.1. The summed E-state index contributed by atoms with van der Waals surface area (Å²) in [5.41, 5.74) is 1.31. The van der Waals surface area contributed by atoms with Crippen LogP contribution in [0, 0.1) is 11.6 Å². The van der Waals surface area contributed by atoms with Crippen molar-refractivity contribution in [1.29, 1.82) is 0 Å². The van der Waals surface area contributed by atoms with E-state index in [1.807, 2.05) is 13.1 Å². The van der Waals surface area contributed by atoms with E-state index in [9.17, 15) is 8.42 Å². The van der Waals surface area contributed by atoms with Crippen LogP contribution in [0.1, 0.15) is 50.8 Å². The standard InChI is InChI=1S/C34H43F2N5O6SSi/c1-34(2,3)49(7,8)47-24-15-25(28-11-14-39-40(28)4)30(17-24)46-31-18-27(36)32(19-26(31)35)48(42,43)41(33-12-13-37-21-38-33)20-22-9-10-23(44-5)16-29(22)45-6/h9-14,16,18-19,21,24-25,30H,15,17,20H2,1-8H3/t24-,25+,30-/m0/s1. The zero-order valence-electron chi connectivity index (χ0n) is 29.0. The van der Waals surface area contributed by atoms with Gasteiger partial charge in [0.2, 0.25) is 0 Å². The molecule has 0 aliphatic heterocycles. The van der Waals surface area contributed by atoms with Gasteiger partial charge in [0, 0.05) is 73.4 Å². The van der Waals surface area contributed by atoms with Crippen LogP contribution in [0.5, 0.6) is 17.2 Å². The van der Waals surface area contributed by atoms with E-state index in [1.165, 1.54) is 32.8 Å². The van der Waals surface area contributed by atoms with Gasteiger partial charge < -0.3 is 18.6 Å². The second-order valence-electron chi connectivity index (χ2n) is 13.6. The van der Waals surface area contributed by atoms with Crippen LogP contribution in [-0.2, 0) is 28.0 Å². The summed E-state index contributed by atoms with van der Waals surface area (Å²) < 4.78 is 86.3. The lowest BCUT2D eigenvalue weighted by Gasteiger charge is -2.38. The number of nitrogens with zero attached hydrogens (tertiary/aromatic N) is 5. The molecule has 2 aromatic heterocycles. The average molecular weight is 716 g/mol. The van der Waals surface area contributed by atoms with Gasteiger partial charge in [-0.2, -0.15) is 5.10 Å².